The first kappa shape index (κ1) is 24.2. The van der Waals surface area contributed by atoms with Gasteiger partial charge >= 0.3 is 11.9 Å². The summed E-state index contributed by atoms with van der Waals surface area (Å²) in [4.78, 5) is 53.6. The van der Waals surface area contributed by atoms with Gasteiger partial charge in [0.25, 0.3) is 11.8 Å². The zero-order valence-electron chi connectivity index (χ0n) is 18.3. The Kier molecular flexibility index (Phi) is 7.47. The molecule has 0 spiro atoms. The van der Waals surface area contributed by atoms with Crippen molar-refractivity contribution in [2.24, 2.45) is 0 Å². The number of likely N-dealkylation sites (tertiary alicyclic amines) is 2. The van der Waals surface area contributed by atoms with Crippen molar-refractivity contribution in [2.45, 2.75) is 47.6 Å². The third-order valence-electron chi connectivity index (χ3n) is 6.05. The van der Waals surface area contributed by atoms with E-state index >= 15 is 0 Å². The number of hydrogen-bond acceptors (Lipinski definition) is 6. The van der Waals surface area contributed by atoms with Crippen LogP contribution in [0.4, 0.5) is 0 Å². The molecule has 10 heteroatoms. The number of carboxylic acids is 2. The Morgan fingerprint density at radius 3 is 1.44 bits per heavy atom. The standard InChI is InChI=1S/C24H24N2O6S2/c27-21(25-13-5-9-17(25)23(29)30)15-7-1-3-11-19(15)33-34-20-12-4-2-8-16(20)22(28)26-14-6-10-18(26)24(31)32/h1-4,7-8,11-12,17-18H,5-6,9-10,13-14H2,(H,29,30)(H,31,32)/t17-,18+. The summed E-state index contributed by atoms with van der Waals surface area (Å²) in [5.41, 5.74) is 0.838. The normalized spacial score (nSPS) is 19.9. The van der Waals surface area contributed by atoms with Gasteiger partial charge in [-0.2, -0.15) is 0 Å². The summed E-state index contributed by atoms with van der Waals surface area (Å²) in [7, 11) is 2.63. The molecular formula is C24H24N2O6S2. The average molecular weight is 501 g/mol. The highest BCUT2D eigenvalue weighted by molar-refractivity contribution is 8.76. The Balaban J connectivity index is 1.54. The lowest BCUT2D eigenvalue weighted by molar-refractivity contribution is -0.142. The highest BCUT2D eigenvalue weighted by Gasteiger charge is 2.36. The number of rotatable bonds is 7. The zero-order chi connectivity index (χ0) is 24.2. The Morgan fingerprint density at radius 1 is 0.676 bits per heavy atom. The second-order valence-corrected chi connectivity index (χ2v) is 10.4. The quantitative estimate of drug-likeness (QED) is 0.551. The van der Waals surface area contributed by atoms with Crippen LogP contribution in [0.1, 0.15) is 46.4 Å². The van der Waals surface area contributed by atoms with E-state index in [1.54, 1.807) is 48.5 Å². The molecule has 2 heterocycles. The molecule has 2 aromatic carbocycles. The van der Waals surface area contributed by atoms with Crippen LogP contribution >= 0.6 is 21.6 Å². The van der Waals surface area contributed by atoms with Crippen LogP contribution in [-0.2, 0) is 9.59 Å². The van der Waals surface area contributed by atoms with Crippen LogP contribution < -0.4 is 0 Å². The monoisotopic (exact) mass is 500 g/mol. The van der Waals surface area contributed by atoms with Gasteiger partial charge in [-0.05, 0) is 49.9 Å². The summed E-state index contributed by atoms with van der Waals surface area (Å²) in [5.74, 6) is -2.64. The largest absolute Gasteiger partial charge is 0.480 e. The molecule has 2 fully saturated rings. The number of benzene rings is 2. The van der Waals surface area contributed by atoms with Crippen molar-refractivity contribution in [3.8, 4) is 0 Å². The summed E-state index contributed by atoms with van der Waals surface area (Å²) in [5, 5.41) is 18.9. The molecule has 2 aliphatic heterocycles. The van der Waals surface area contributed by atoms with Gasteiger partial charge in [0.1, 0.15) is 12.1 Å². The van der Waals surface area contributed by atoms with Gasteiger partial charge in [-0.3, -0.25) is 9.59 Å². The lowest BCUT2D eigenvalue weighted by Crippen LogP contribution is -2.40. The second-order valence-electron chi connectivity index (χ2n) is 8.15. The maximum atomic E-state index is 13.2. The summed E-state index contributed by atoms with van der Waals surface area (Å²) < 4.78 is 0. The summed E-state index contributed by atoms with van der Waals surface area (Å²) >= 11 is 0. The van der Waals surface area contributed by atoms with Gasteiger partial charge in [0, 0.05) is 22.9 Å². The molecule has 0 bridgehead atoms. The minimum Gasteiger partial charge on any atom is -0.480 e. The summed E-state index contributed by atoms with van der Waals surface area (Å²) in [6.45, 7) is 0.805. The van der Waals surface area contributed by atoms with Crippen molar-refractivity contribution in [1.82, 2.24) is 9.80 Å². The Labute approximate surface area is 204 Å². The molecule has 34 heavy (non-hydrogen) atoms. The van der Waals surface area contributed by atoms with Crippen molar-refractivity contribution in [1.29, 1.82) is 0 Å². The van der Waals surface area contributed by atoms with Gasteiger partial charge in [0.15, 0.2) is 0 Å². The van der Waals surface area contributed by atoms with E-state index < -0.39 is 24.0 Å². The molecule has 0 aliphatic carbocycles. The average Bonchev–Trinajstić information content (AvgIpc) is 3.52. The van der Waals surface area contributed by atoms with Crippen molar-refractivity contribution in [3.05, 3.63) is 59.7 Å². The van der Waals surface area contributed by atoms with Crippen LogP contribution in [0.15, 0.2) is 58.3 Å². The fraction of sp³-hybridized carbons (Fsp3) is 0.333. The smallest absolute Gasteiger partial charge is 0.326 e. The lowest BCUT2D eigenvalue weighted by Gasteiger charge is -2.23. The van der Waals surface area contributed by atoms with Crippen LogP contribution in [0.3, 0.4) is 0 Å². The maximum absolute atomic E-state index is 13.2. The number of amides is 2. The molecule has 178 valence electrons. The molecule has 2 saturated heterocycles. The van der Waals surface area contributed by atoms with Gasteiger partial charge in [-0.25, -0.2) is 9.59 Å². The Bertz CT molecular complexity index is 1040. The fourth-order valence-electron chi connectivity index (χ4n) is 4.36. The van der Waals surface area contributed by atoms with E-state index in [2.05, 4.69) is 0 Å². The van der Waals surface area contributed by atoms with Crippen LogP contribution in [0.25, 0.3) is 0 Å². The van der Waals surface area contributed by atoms with Crippen molar-refractivity contribution in [2.75, 3.05) is 13.1 Å². The molecule has 2 aromatic rings. The number of carbonyl (C=O) groups excluding carboxylic acids is 2. The first-order valence-electron chi connectivity index (χ1n) is 11.0. The first-order chi connectivity index (χ1) is 16.4. The number of carbonyl (C=O) groups is 4. The summed E-state index contributed by atoms with van der Waals surface area (Å²) in [6.07, 6.45) is 2.18. The minimum atomic E-state index is -1.00. The van der Waals surface area contributed by atoms with E-state index in [9.17, 15) is 29.4 Å². The van der Waals surface area contributed by atoms with E-state index in [0.29, 0.717) is 59.7 Å². The molecule has 0 saturated carbocycles. The maximum Gasteiger partial charge on any atom is 0.326 e. The van der Waals surface area contributed by atoms with Gasteiger partial charge < -0.3 is 20.0 Å². The topological polar surface area (TPSA) is 115 Å². The molecule has 0 unspecified atom stereocenters. The SMILES string of the molecule is O=C(O)[C@H]1CCCN1C(=O)c1ccccc1SSc1ccccc1C(=O)N1CCC[C@H]1C(=O)O. The van der Waals surface area contributed by atoms with Gasteiger partial charge in [0.05, 0.1) is 11.1 Å². The third-order valence-corrected chi connectivity index (χ3v) is 8.54. The third kappa shape index (κ3) is 4.92. The molecule has 0 aromatic heterocycles. The van der Waals surface area contributed by atoms with Crippen molar-refractivity contribution < 1.29 is 29.4 Å². The van der Waals surface area contributed by atoms with E-state index in [-0.39, 0.29) is 11.8 Å². The van der Waals surface area contributed by atoms with Crippen LogP contribution in [-0.4, -0.2) is 68.9 Å². The number of carboxylic acid groups (broad SMARTS) is 2. The molecule has 0 radical (unpaired) electrons. The molecule has 2 N–H and O–H groups in total. The number of hydrogen-bond donors (Lipinski definition) is 2. The van der Waals surface area contributed by atoms with E-state index in [0.717, 1.165) is 0 Å². The van der Waals surface area contributed by atoms with E-state index in [1.165, 1.54) is 31.4 Å². The zero-order valence-corrected chi connectivity index (χ0v) is 19.9. The molecule has 2 atom stereocenters. The Hall–Kier alpha value is -2.98. The molecule has 2 amide bonds. The lowest BCUT2D eigenvalue weighted by atomic mass is 10.1. The minimum absolute atomic E-state index is 0.320. The van der Waals surface area contributed by atoms with Gasteiger partial charge in [0.2, 0.25) is 0 Å². The highest BCUT2D eigenvalue weighted by Crippen LogP contribution is 2.41. The predicted molar refractivity (Wildman–Crippen MR) is 128 cm³/mol. The van der Waals surface area contributed by atoms with Gasteiger partial charge in [-0.1, -0.05) is 45.9 Å². The van der Waals surface area contributed by atoms with Crippen LogP contribution in [0.5, 0.6) is 0 Å². The van der Waals surface area contributed by atoms with E-state index in [4.69, 9.17) is 0 Å². The van der Waals surface area contributed by atoms with Crippen molar-refractivity contribution >= 4 is 45.3 Å². The predicted octanol–water partition coefficient (Wildman–Crippen LogP) is 3.86. The Morgan fingerprint density at radius 2 is 1.06 bits per heavy atom. The van der Waals surface area contributed by atoms with Gasteiger partial charge in [-0.15, -0.1) is 0 Å². The van der Waals surface area contributed by atoms with Crippen molar-refractivity contribution in [3.63, 3.8) is 0 Å². The fourth-order valence-corrected chi connectivity index (χ4v) is 6.71. The molecule has 4 rings (SSSR count). The molecular weight excluding hydrogens is 476 g/mol. The number of nitrogens with zero attached hydrogens (tertiary/aromatic N) is 2. The molecule has 8 nitrogen and oxygen atoms in total. The number of aliphatic carboxylic acids is 2. The molecule has 2 aliphatic rings. The summed E-state index contributed by atoms with van der Waals surface area (Å²) in [6, 6.07) is 12.4. The second kappa shape index (κ2) is 10.5. The highest BCUT2D eigenvalue weighted by atomic mass is 33.1. The van der Waals surface area contributed by atoms with Crippen LogP contribution in [0, 0.1) is 0 Å². The van der Waals surface area contributed by atoms with Crippen LogP contribution in [0.2, 0.25) is 0 Å². The van der Waals surface area contributed by atoms with E-state index in [1.807, 2.05) is 0 Å². The first-order valence-corrected chi connectivity index (χ1v) is 13.1.